The number of halogens is 1. The van der Waals surface area contributed by atoms with Gasteiger partial charge in [0, 0.05) is 0 Å². The highest BCUT2D eigenvalue weighted by Gasteiger charge is 2.02. The Bertz CT molecular complexity index is 209. The summed E-state index contributed by atoms with van der Waals surface area (Å²) in [5.74, 6) is 0. The first-order valence-corrected chi connectivity index (χ1v) is 5.74. The molecule has 70 valence electrons. The van der Waals surface area contributed by atoms with Crippen LogP contribution in [0.3, 0.4) is 0 Å². The summed E-state index contributed by atoms with van der Waals surface area (Å²) >= 11 is 3.65. The topological polar surface area (TPSA) is 92.2 Å². The summed E-state index contributed by atoms with van der Waals surface area (Å²) < 4.78 is 36.1. The zero-order valence-electron chi connectivity index (χ0n) is 6.40. The quantitative estimate of drug-likeness (QED) is 0.480. The van der Waals surface area contributed by atoms with Gasteiger partial charge in [-0.05, 0) is 13.8 Å². The summed E-state index contributed by atoms with van der Waals surface area (Å²) in [5.41, 5.74) is 0. The van der Waals surface area contributed by atoms with E-state index in [0.29, 0.717) is 0 Å². The molecule has 1 heterocycles. The summed E-state index contributed by atoms with van der Waals surface area (Å²) in [6.07, 6.45) is 0. The minimum atomic E-state index is -4.94. The average Bonchev–Trinajstić information content (AvgIpc) is 2.12. The van der Waals surface area contributed by atoms with E-state index in [1.165, 1.54) is 9.75 Å². The molecule has 4 nitrogen and oxygen atoms in total. The van der Waals surface area contributed by atoms with E-state index in [2.05, 4.69) is 18.5 Å². The smallest absolute Gasteiger partial charge is 0.222 e. The lowest BCUT2D eigenvalue weighted by molar-refractivity contribution is -2.00. The molecule has 0 aliphatic carbocycles. The predicted molar refractivity (Wildman–Crippen MR) is 36.1 cm³/mol. The van der Waals surface area contributed by atoms with E-state index in [1.807, 2.05) is 22.7 Å². The lowest BCUT2D eigenvalue weighted by Crippen LogP contribution is -2.68. The Kier molecular flexibility index (Phi) is 5.10. The maximum absolute atomic E-state index is 8.49. The highest BCUT2D eigenvalue weighted by Crippen LogP contribution is 2.18. The number of hydrogen-bond donors (Lipinski definition) is 0. The van der Waals surface area contributed by atoms with Gasteiger partial charge in [-0.15, -0.1) is 10.2 Å². The summed E-state index contributed by atoms with van der Waals surface area (Å²) in [4.78, 5) is 2.90. The Morgan fingerprint density at radius 2 is 1.67 bits per heavy atom. The second-order valence-corrected chi connectivity index (χ2v) is 5.04. The van der Waals surface area contributed by atoms with Gasteiger partial charge in [-0.25, -0.2) is 18.6 Å². The molecule has 0 aliphatic heterocycles. The van der Waals surface area contributed by atoms with E-state index < -0.39 is 10.2 Å². The van der Waals surface area contributed by atoms with Crippen LogP contribution < -0.4 is 18.6 Å². The molecule has 0 amide bonds. The lowest BCUT2D eigenvalue weighted by Gasteiger charge is -2.17. The summed E-state index contributed by atoms with van der Waals surface area (Å²) in [5, 5.41) is 0. The van der Waals surface area contributed by atoms with E-state index >= 15 is 0 Å². The van der Waals surface area contributed by atoms with Gasteiger partial charge in [-0.1, -0.05) is 0 Å². The van der Waals surface area contributed by atoms with Crippen molar-refractivity contribution in [2.24, 2.45) is 0 Å². The normalized spacial score (nSPS) is 10.5. The first-order chi connectivity index (χ1) is 5.30. The fraction of sp³-hybridized carbons (Fsp3) is 0.400. The fourth-order valence-corrected chi connectivity index (χ4v) is 2.30. The summed E-state index contributed by atoms with van der Waals surface area (Å²) in [7, 11) is -4.94. The third kappa shape index (κ3) is 8.28. The number of rotatable bonds is 0. The van der Waals surface area contributed by atoms with E-state index in [9.17, 15) is 0 Å². The number of hydrogen-bond acceptors (Lipinski definition) is 5. The van der Waals surface area contributed by atoms with Crippen molar-refractivity contribution in [2.75, 3.05) is 0 Å². The van der Waals surface area contributed by atoms with Crippen LogP contribution in [0, 0.1) is 24.1 Å². The van der Waals surface area contributed by atoms with Gasteiger partial charge in [-0.2, -0.15) is 0 Å². The van der Waals surface area contributed by atoms with Crippen LogP contribution in [-0.2, 0) is 0 Å². The van der Waals surface area contributed by atoms with Crippen molar-refractivity contribution in [3.05, 3.63) is 14.4 Å². The van der Waals surface area contributed by atoms with Crippen molar-refractivity contribution >= 4 is 22.7 Å². The first-order valence-electron chi connectivity index (χ1n) is 2.75. The van der Waals surface area contributed by atoms with Crippen molar-refractivity contribution in [3.63, 3.8) is 0 Å². The van der Waals surface area contributed by atoms with Crippen molar-refractivity contribution in [1.82, 2.24) is 0 Å². The molecule has 0 N–H and O–H groups in total. The third-order valence-corrected chi connectivity index (χ3v) is 3.16. The molecular weight excluding hydrogens is 224 g/mol. The molecule has 0 saturated carbocycles. The first kappa shape index (κ1) is 12.2. The van der Waals surface area contributed by atoms with Crippen LogP contribution in [0.5, 0.6) is 0 Å². The summed E-state index contributed by atoms with van der Waals surface area (Å²) in [6.45, 7) is 4.30. The van der Waals surface area contributed by atoms with Gasteiger partial charge in [0.25, 0.3) is 0 Å². The van der Waals surface area contributed by atoms with Gasteiger partial charge >= 0.3 is 0 Å². The molecule has 0 unspecified atom stereocenters. The van der Waals surface area contributed by atoms with Crippen molar-refractivity contribution in [2.45, 2.75) is 13.8 Å². The van der Waals surface area contributed by atoms with E-state index in [1.54, 1.807) is 0 Å². The van der Waals surface area contributed by atoms with Crippen molar-refractivity contribution < 1.29 is 28.9 Å². The van der Waals surface area contributed by atoms with Crippen LogP contribution in [0.1, 0.15) is 9.75 Å². The molecule has 7 heteroatoms. The van der Waals surface area contributed by atoms with Crippen LogP contribution in [0.15, 0.2) is 4.69 Å². The molecule has 12 heavy (non-hydrogen) atoms. The van der Waals surface area contributed by atoms with Gasteiger partial charge in [0.2, 0.25) is 4.69 Å². The largest absolute Gasteiger partial charge is 0.242 e. The highest BCUT2D eigenvalue weighted by molar-refractivity contribution is 7.28. The molecule has 1 rings (SSSR count). The zero-order chi connectivity index (χ0) is 9.78. The van der Waals surface area contributed by atoms with Crippen LogP contribution in [0.2, 0.25) is 0 Å². The van der Waals surface area contributed by atoms with Crippen LogP contribution in [0.4, 0.5) is 0 Å². The van der Waals surface area contributed by atoms with Crippen LogP contribution >= 0.6 is 22.7 Å². The van der Waals surface area contributed by atoms with Gasteiger partial charge in [0.1, 0.15) is 9.75 Å². The Morgan fingerprint density at radius 1 is 1.25 bits per heavy atom. The lowest BCUT2D eigenvalue weighted by atomic mass is 10.5. The second-order valence-electron chi connectivity index (χ2n) is 1.82. The Balaban J connectivity index is 0.000000217. The Morgan fingerprint density at radius 3 is 1.75 bits per heavy atom. The van der Waals surface area contributed by atoms with Crippen molar-refractivity contribution in [1.29, 1.82) is 0 Å². The molecule has 0 radical (unpaired) electrons. The maximum Gasteiger partial charge on any atom is 0.242 e. The molecular formula is C5H7ClO4S2. The molecule has 0 bridgehead atoms. The second kappa shape index (κ2) is 5.03. The Labute approximate surface area is 80.1 Å². The number of aryl methyl sites for hydroxylation is 2. The molecule has 0 aliphatic rings. The fourth-order valence-electron chi connectivity index (χ4n) is 0.334. The maximum atomic E-state index is 8.49. The van der Waals surface area contributed by atoms with Gasteiger partial charge in [0.15, 0.2) is 0 Å². The molecule has 1 aromatic rings. The Hall–Kier alpha value is 0.180. The molecule has 0 atom stereocenters. The average molecular weight is 231 g/mol. The van der Waals surface area contributed by atoms with Gasteiger partial charge in [0.05, 0.1) is 22.7 Å². The van der Waals surface area contributed by atoms with E-state index in [0.717, 1.165) is 0 Å². The van der Waals surface area contributed by atoms with Crippen molar-refractivity contribution in [3.8, 4) is 0 Å². The zero-order valence-corrected chi connectivity index (χ0v) is 8.79. The molecule has 1 aromatic heterocycles. The SMILES string of the molecule is Cc1sc[s+]c1C.[O-][Cl+3]([O-])([O-])[O-]. The predicted octanol–water partition coefficient (Wildman–Crippen LogP) is -2.05. The minimum absolute atomic E-state index is 1.45. The van der Waals surface area contributed by atoms with Gasteiger partial charge < -0.3 is 0 Å². The molecule has 0 aromatic carbocycles. The minimum Gasteiger partial charge on any atom is -0.222 e. The van der Waals surface area contributed by atoms with Gasteiger partial charge in [-0.3, -0.25) is 0 Å². The highest BCUT2D eigenvalue weighted by atomic mass is 35.7. The summed E-state index contributed by atoms with van der Waals surface area (Å²) in [6, 6.07) is 0. The third-order valence-electron chi connectivity index (χ3n) is 0.946. The molecule has 0 fully saturated rings. The van der Waals surface area contributed by atoms with E-state index in [4.69, 9.17) is 18.6 Å². The molecule has 0 saturated heterocycles. The van der Waals surface area contributed by atoms with Crippen LogP contribution in [0.25, 0.3) is 0 Å². The van der Waals surface area contributed by atoms with Crippen LogP contribution in [-0.4, -0.2) is 0 Å². The standard InChI is InChI=1S/C5H7S2.ClHO4/c1-4-5(2)7-3-6-4;2-1(3,4)5/h3H,1-2H3;(H,2,3,4,5)/q+1;/p-1. The molecule has 0 spiro atoms. The van der Waals surface area contributed by atoms with E-state index in [-0.39, 0.29) is 0 Å². The monoisotopic (exact) mass is 230 g/mol.